The van der Waals surface area contributed by atoms with Gasteiger partial charge in [-0.3, -0.25) is 0 Å². The summed E-state index contributed by atoms with van der Waals surface area (Å²) in [6.45, 7) is 0. The zero-order chi connectivity index (χ0) is 17.8. The van der Waals surface area contributed by atoms with E-state index in [-0.39, 0.29) is 0 Å². The van der Waals surface area contributed by atoms with Crippen LogP contribution in [-0.2, 0) is 0 Å². The van der Waals surface area contributed by atoms with Gasteiger partial charge in [0.2, 0.25) is 0 Å². The smallest absolute Gasteiger partial charge is 0.0362 e. The van der Waals surface area contributed by atoms with E-state index in [0.717, 1.165) is 5.56 Å². The quantitative estimate of drug-likeness (QED) is 0.262. The van der Waals surface area contributed by atoms with Crippen molar-refractivity contribution in [2.24, 2.45) is 0 Å². The third kappa shape index (κ3) is 2.22. The molecule has 0 N–H and O–H groups in total. The third-order valence-corrected chi connectivity index (χ3v) is 6.50. The molecule has 0 nitrogen and oxygen atoms in total. The van der Waals surface area contributed by atoms with Crippen LogP contribution in [0, 0.1) is 6.07 Å². The Balaban J connectivity index is 1.67. The van der Waals surface area contributed by atoms with Crippen molar-refractivity contribution >= 4 is 53.1 Å². The van der Waals surface area contributed by atoms with Crippen molar-refractivity contribution in [1.82, 2.24) is 0 Å². The standard InChI is InChI=1S/C26H15S/c1-2-7-19-17(6-1)12-14-22-20(9-5-10-21(19)22)18-13-15-26-24(16-18)23-8-3-4-11-25(23)27-26/h1-15H. The first kappa shape index (κ1) is 15.0. The van der Waals surface area contributed by atoms with Crippen LogP contribution < -0.4 is 0 Å². The third-order valence-electron chi connectivity index (χ3n) is 5.36. The monoisotopic (exact) mass is 359 g/mol. The predicted octanol–water partition coefficient (Wildman–Crippen LogP) is 7.83. The molecule has 1 aromatic heterocycles. The Morgan fingerprint density at radius 2 is 1.33 bits per heavy atom. The largest absolute Gasteiger partial charge is 0.135 e. The molecule has 27 heavy (non-hydrogen) atoms. The number of hydrogen-bond donors (Lipinski definition) is 0. The molecule has 0 fully saturated rings. The summed E-state index contributed by atoms with van der Waals surface area (Å²) >= 11 is 1.84. The minimum atomic E-state index is 1.16. The van der Waals surface area contributed by atoms with Crippen molar-refractivity contribution in [3.05, 3.63) is 97.1 Å². The first-order valence-corrected chi connectivity index (χ1v) is 9.94. The van der Waals surface area contributed by atoms with Crippen LogP contribution in [-0.4, -0.2) is 0 Å². The zero-order valence-electron chi connectivity index (χ0n) is 14.6. The van der Waals surface area contributed by atoms with Gasteiger partial charge in [0.15, 0.2) is 0 Å². The van der Waals surface area contributed by atoms with Gasteiger partial charge in [0.05, 0.1) is 0 Å². The lowest BCUT2D eigenvalue weighted by molar-refractivity contribution is 1.70. The van der Waals surface area contributed by atoms with Crippen molar-refractivity contribution < 1.29 is 0 Å². The minimum Gasteiger partial charge on any atom is -0.135 e. The van der Waals surface area contributed by atoms with Gasteiger partial charge in [-0.1, -0.05) is 78.9 Å². The molecular formula is C26H15S. The summed E-state index contributed by atoms with van der Waals surface area (Å²) in [4.78, 5) is 0. The Hall–Kier alpha value is -3.16. The molecule has 6 aromatic rings. The Bertz CT molecular complexity index is 1470. The maximum absolute atomic E-state index is 3.72. The summed E-state index contributed by atoms with van der Waals surface area (Å²) in [5.74, 6) is 0. The minimum absolute atomic E-state index is 1.16. The Kier molecular flexibility index (Phi) is 3.14. The van der Waals surface area contributed by atoms with E-state index < -0.39 is 0 Å². The molecule has 0 aliphatic carbocycles. The fourth-order valence-corrected chi connectivity index (χ4v) is 5.14. The lowest BCUT2D eigenvalue weighted by atomic mass is 9.94. The van der Waals surface area contributed by atoms with E-state index in [4.69, 9.17) is 0 Å². The van der Waals surface area contributed by atoms with E-state index in [1.165, 1.54) is 47.3 Å². The maximum Gasteiger partial charge on any atom is 0.0362 e. The molecule has 0 amide bonds. The van der Waals surface area contributed by atoms with E-state index in [2.05, 4.69) is 97.1 Å². The molecule has 1 radical (unpaired) electrons. The first-order chi connectivity index (χ1) is 13.4. The fourth-order valence-electron chi connectivity index (χ4n) is 4.08. The van der Waals surface area contributed by atoms with Gasteiger partial charge in [-0.05, 0) is 44.8 Å². The summed E-state index contributed by atoms with van der Waals surface area (Å²) in [5, 5.41) is 7.70. The number of hydrogen-bond acceptors (Lipinski definition) is 1. The second-order valence-electron chi connectivity index (χ2n) is 6.90. The van der Waals surface area contributed by atoms with Gasteiger partial charge in [-0.25, -0.2) is 0 Å². The van der Waals surface area contributed by atoms with E-state index in [0.29, 0.717) is 0 Å². The lowest BCUT2D eigenvalue weighted by Crippen LogP contribution is -1.83. The topological polar surface area (TPSA) is 0 Å². The Morgan fingerprint density at radius 3 is 2.30 bits per heavy atom. The molecule has 0 spiro atoms. The van der Waals surface area contributed by atoms with E-state index >= 15 is 0 Å². The van der Waals surface area contributed by atoms with Gasteiger partial charge in [0.1, 0.15) is 0 Å². The summed E-state index contributed by atoms with van der Waals surface area (Å²) in [6, 6.07) is 36.4. The van der Waals surface area contributed by atoms with Crippen LogP contribution in [0.3, 0.4) is 0 Å². The normalized spacial score (nSPS) is 11.7. The second kappa shape index (κ2) is 5.67. The fraction of sp³-hybridized carbons (Fsp3) is 0. The number of rotatable bonds is 1. The van der Waals surface area contributed by atoms with Crippen molar-refractivity contribution in [3.8, 4) is 11.1 Å². The van der Waals surface area contributed by atoms with Crippen LogP contribution >= 0.6 is 11.3 Å². The summed E-state index contributed by atoms with van der Waals surface area (Å²) < 4.78 is 2.62. The molecule has 6 rings (SSSR count). The van der Waals surface area contributed by atoms with Crippen LogP contribution in [0.2, 0.25) is 0 Å². The average Bonchev–Trinajstić information content (AvgIpc) is 3.11. The predicted molar refractivity (Wildman–Crippen MR) is 119 cm³/mol. The molecule has 125 valence electrons. The number of fused-ring (bicyclic) bond motifs is 6. The van der Waals surface area contributed by atoms with Crippen LogP contribution in [0.1, 0.15) is 0 Å². The highest BCUT2D eigenvalue weighted by atomic mass is 32.1. The van der Waals surface area contributed by atoms with Crippen molar-refractivity contribution in [1.29, 1.82) is 0 Å². The molecule has 0 saturated heterocycles. The van der Waals surface area contributed by atoms with E-state index in [1.807, 2.05) is 11.3 Å². The van der Waals surface area contributed by atoms with Gasteiger partial charge < -0.3 is 0 Å². The second-order valence-corrected chi connectivity index (χ2v) is 7.98. The van der Waals surface area contributed by atoms with E-state index in [9.17, 15) is 0 Å². The van der Waals surface area contributed by atoms with E-state index in [1.54, 1.807) is 0 Å². The maximum atomic E-state index is 3.72. The molecule has 1 heterocycles. The van der Waals surface area contributed by atoms with Crippen LogP contribution in [0.4, 0.5) is 0 Å². The molecule has 1 heteroatoms. The molecule has 0 aliphatic rings. The molecular weight excluding hydrogens is 344 g/mol. The first-order valence-electron chi connectivity index (χ1n) is 9.13. The lowest BCUT2D eigenvalue weighted by Gasteiger charge is -2.09. The highest BCUT2D eigenvalue weighted by Gasteiger charge is 2.10. The molecule has 0 atom stereocenters. The number of benzene rings is 5. The van der Waals surface area contributed by atoms with Gasteiger partial charge in [0, 0.05) is 26.2 Å². The molecule has 5 aromatic carbocycles. The highest BCUT2D eigenvalue weighted by molar-refractivity contribution is 7.25. The highest BCUT2D eigenvalue weighted by Crippen LogP contribution is 2.38. The van der Waals surface area contributed by atoms with Gasteiger partial charge in [0.25, 0.3) is 0 Å². The number of thiophene rings is 1. The Labute approximate surface area is 161 Å². The molecule has 0 aliphatic heterocycles. The summed E-state index contributed by atoms with van der Waals surface area (Å²) in [6.07, 6.45) is 0. The van der Waals surface area contributed by atoms with Gasteiger partial charge in [-0.2, -0.15) is 0 Å². The average molecular weight is 359 g/mol. The molecule has 0 bridgehead atoms. The van der Waals surface area contributed by atoms with Crippen LogP contribution in [0.5, 0.6) is 0 Å². The van der Waals surface area contributed by atoms with Gasteiger partial charge in [-0.15, -0.1) is 11.3 Å². The van der Waals surface area contributed by atoms with Crippen molar-refractivity contribution in [3.63, 3.8) is 0 Å². The SMILES string of the molecule is [c]1c(-c2cccc3c2ccc2ccccc23)ccc2sc3ccccc3c12. The van der Waals surface area contributed by atoms with Gasteiger partial charge >= 0.3 is 0 Å². The zero-order valence-corrected chi connectivity index (χ0v) is 15.4. The van der Waals surface area contributed by atoms with Crippen molar-refractivity contribution in [2.75, 3.05) is 0 Å². The van der Waals surface area contributed by atoms with Crippen molar-refractivity contribution in [2.45, 2.75) is 0 Å². The van der Waals surface area contributed by atoms with Crippen LogP contribution in [0.15, 0.2) is 91.0 Å². The van der Waals surface area contributed by atoms with Crippen LogP contribution in [0.25, 0.3) is 52.8 Å². The molecule has 0 unspecified atom stereocenters. The summed E-state index contributed by atoms with van der Waals surface area (Å²) in [7, 11) is 0. The summed E-state index contributed by atoms with van der Waals surface area (Å²) in [5.41, 5.74) is 2.40. The Morgan fingerprint density at radius 1 is 0.519 bits per heavy atom. The molecule has 0 saturated carbocycles.